The Labute approximate surface area is 118 Å². The van der Waals surface area contributed by atoms with Crippen molar-refractivity contribution in [3.8, 4) is 6.07 Å². The van der Waals surface area contributed by atoms with Crippen molar-refractivity contribution in [1.29, 1.82) is 5.26 Å². The molecule has 1 fully saturated rings. The summed E-state index contributed by atoms with van der Waals surface area (Å²) in [5.74, 6) is -2.17. The minimum absolute atomic E-state index is 0.0279. The summed E-state index contributed by atoms with van der Waals surface area (Å²) in [6.07, 6.45) is -0.269. The van der Waals surface area contributed by atoms with Gasteiger partial charge in [0.2, 0.25) is 0 Å². The lowest BCUT2D eigenvalue weighted by molar-refractivity contribution is -0.125. The molecular formula is C16H18FNO2. The quantitative estimate of drug-likeness (QED) is 0.851. The number of ether oxygens (including phenoxy) is 1. The van der Waals surface area contributed by atoms with E-state index in [-0.39, 0.29) is 35.4 Å². The van der Waals surface area contributed by atoms with Gasteiger partial charge in [-0.3, -0.25) is 4.79 Å². The van der Waals surface area contributed by atoms with Crippen molar-refractivity contribution >= 4 is 5.78 Å². The fraction of sp³-hybridized carbons (Fsp3) is 0.500. The van der Waals surface area contributed by atoms with Crippen LogP contribution in [0.25, 0.3) is 0 Å². The highest BCUT2D eigenvalue weighted by Crippen LogP contribution is 2.36. The maximum absolute atomic E-state index is 13.8. The number of nitriles is 1. The maximum Gasteiger partial charge on any atom is 0.160 e. The van der Waals surface area contributed by atoms with Gasteiger partial charge in [0.25, 0.3) is 0 Å². The second-order valence-electron chi connectivity index (χ2n) is 5.42. The van der Waals surface area contributed by atoms with Gasteiger partial charge < -0.3 is 4.74 Å². The maximum atomic E-state index is 13.8. The van der Waals surface area contributed by atoms with Gasteiger partial charge in [0.05, 0.1) is 24.2 Å². The summed E-state index contributed by atoms with van der Waals surface area (Å²) in [6.45, 7) is 5.68. The molecule has 1 saturated heterocycles. The van der Waals surface area contributed by atoms with E-state index in [1.807, 2.05) is 26.8 Å². The van der Waals surface area contributed by atoms with Crippen LogP contribution in [-0.2, 0) is 9.53 Å². The van der Waals surface area contributed by atoms with Crippen molar-refractivity contribution < 1.29 is 13.9 Å². The summed E-state index contributed by atoms with van der Waals surface area (Å²) in [5, 5.41) is 9.29. The third-order valence-corrected chi connectivity index (χ3v) is 4.20. The van der Waals surface area contributed by atoms with Gasteiger partial charge in [-0.05, 0) is 25.8 Å². The highest BCUT2D eigenvalue weighted by Gasteiger charge is 2.44. The van der Waals surface area contributed by atoms with E-state index in [0.717, 1.165) is 0 Å². The Morgan fingerprint density at radius 2 is 1.95 bits per heavy atom. The Balaban J connectivity index is 2.32. The topological polar surface area (TPSA) is 50.1 Å². The van der Waals surface area contributed by atoms with Gasteiger partial charge in [0.1, 0.15) is 11.7 Å². The van der Waals surface area contributed by atoms with Gasteiger partial charge in [0.15, 0.2) is 5.78 Å². The molecule has 5 unspecified atom stereocenters. The number of Topliss-reactive ketones (excluding diaryl/α,β-unsaturated/α-hetero) is 1. The fourth-order valence-corrected chi connectivity index (χ4v) is 2.95. The molecule has 1 aliphatic rings. The van der Waals surface area contributed by atoms with Crippen LogP contribution in [0.1, 0.15) is 32.3 Å². The Bertz CT molecular complexity index is 552. The number of halogens is 1. The second-order valence-corrected chi connectivity index (χ2v) is 5.42. The first-order chi connectivity index (χ1) is 9.47. The number of rotatable bonds is 3. The number of carbonyl (C=O) groups is 1. The van der Waals surface area contributed by atoms with Crippen molar-refractivity contribution in [3.05, 3.63) is 35.6 Å². The zero-order chi connectivity index (χ0) is 14.9. The van der Waals surface area contributed by atoms with Gasteiger partial charge in [-0.15, -0.1) is 0 Å². The summed E-state index contributed by atoms with van der Waals surface area (Å²) in [5.41, 5.74) is 0.152. The van der Waals surface area contributed by atoms with Crippen LogP contribution in [0.15, 0.2) is 24.3 Å². The summed E-state index contributed by atoms with van der Waals surface area (Å²) >= 11 is 0. The van der Waals surface area contributed by atoms with E-state index < -0.39 is 11.7 Å². The minimum Gasteiger partial charge on any atom is -0.375 e. The molecule has 0 saturated carbocycles. The summed E-state index contributed by atoms with van der Waals surface area (Å²) in [7, 11) is 0. The molecule has 5 atom stereocenters. The zero-order valence-corrected chi connectivity index (χ0v) is 11.8. The number of benzene rings is 1. The van der Waals surface area contributed by atoms with E-state index in [2.05, 4.69) is 0 Å². The van der Waals surface area contributed by atoms with Crippen LogP contribution in [0.3, 0.4) is 0 Å². The smallest absolute Gasteiger partial charge is 0.160 e. The van der Waals surface area contributed by atoms with E-state index in [1.165, 1.54) is 12.1 Å². The summed E-state index contributed by atoms with van der Waals surface area (Å²) in [4.78, 5) is 12.6. The summed E-state index contributed by atoms with van der Waals surface area (Å²) < 4.78 is 19.5. The van der Waals surface area contributed by atoms with Crippen LogP contribution in [0.5, 0.6) is 0 Å². The molecule has 0 aliphatic carbocycles. The van der Waals surface area contributed by atoms with E-state index >= 15 is 0 Å². The van der Waals surface area contributed by atoms with Crippen LogP contribution >= 0.6 is 0 Å². The zero-order valence-electron chi connectivity index (χ0n) is 11.8. The lowest BCUT2D eigenvalue weighted by Crippen LogP contribution is -2.31. The molecule has 1 aliphatic heterocycles. The van der Waals surface area contributed by atoms with Gasteiger partial charge in [0, 0.05) is 5.56 Å². The van der Waals surface area contributed by atoms with Crippen LogP contribution < -0.4 is 0 Å². The number of ketones is 1. The van der Waals surface area contributed by atoms with Crippen LogP contribution in [-0.4, -0.2) is 18.0 Å². The Morgan fingerprint density at radius 1 is 1.30 bits per heavy atom. The first-order valence-corrected chi connectivity index (χ1v) is 6.80. The minimum atomic E-state index is -1.07. The van der Waals surface area contributed by atoms with E-state index in [0.29, 0.717) is 0 Å². The van der Waals surface area contributed by atoms with Crippen molar-refractivity contribution in [2.75, 3.05) is 0 Å². The normalized spacial score (nSPS) is 30.8. The number of hydrogen-bond donors (Lipinski definition) is 0. The van der Waals surface area contributed by atoms with Crippen molar-refractivity contribution in [3.63, 3.8) is 0 Å². The number of hydrogen-bond acceptors (Lipinski definition) is 3. The molecule has 1 aromatic carbocycles. The average molecular weight is 275 g/mol. The van der Waals surface area contributed by atoms with Crippen molar-refractivity contribution in [2.24, 2.45) is 11.8 Å². The number of nitrogens with zero attached hydrogens (tertiary/aromatic N) is 1. The monoisotopic (exact) mass is 275 g/mol. The predicted octanol–water partition coefficient (Wildman–Crippen LogP) is 3.06. The molecule has 0 amide bonds. The van der Waals surface area contributed by atoms with E-state index in [9.17, 15) is 14.4 Å². The standard InChI is InChI=1S/C16H18FNO2/c1-9-10(2)20-11(3)15(9)16(19)13(8-18)12-6-4-5-7-14(12)17/h4-7,9-11,13,15H,1-3H3. The molecule has 0 spiro atoms. The van der Waals surface area contributed by atoms with Crippen LogP contribution in [0.2, 0.25) is 0 Å². The molecule has 0 aromatic heterocycles. The molecule has 0 N–H and O–H groups in total. The predicted molar refractivity (Wildman–Crippen MR) is 72.4 cm³/mol. The lowest BCUT2D eigenvalue weighted by atomic mass is 9.79. The van der Waals surface area contributed by atoms with E-state index in [4.69, 9.17) is 4.74 Å². The molecule has 20 heavy (non-hydrogen) atoms. The van der Waals surface area contributed by atoms with E-state index in [1.54, 1.807) is 12.1 Å². The molecule has 1 aromatic rings. The third kappa shape index (κ3) is 2.46. The van der Waals surface area contributed by atoms with Crippen LogP contribution in [0, 0.1) is 29.0 Å². The first-order valence-electron chi connectivity index (χ1n) is 6.80. The van der Waals surface area contributed by atoms with Crippen molar-refractivity contribution in [1.82, 2.24) is 0 Å². The Kier molecular flexibility index (Phi) is 4.20. The Morgan fingerprint density at radius 3 is 2.45 bits per heavy atom. The molecule has 0 bridgehead atoms. The SMILES string of the molecule is CC1OC(C)C(C(=O)C(C#N)c2ccccc2F)C1C. The van der Waals surface area contributed by atoms with Gasteiger partial charge in [-0.1, -0.05) is 25.1 Å². The first kappa shape index (κ1) is 14.7. The van der Waals surface area contributed by atoms with Crippen LogP contribution in [0.4, 0.5) is 4.39 Å². The second kappa shape index (κ2) is 5.72. The molecule has 4 heteroatoms. The molecular weight excluding hydrogens is 257 g/mol. The van der Waals surface area contributed by atoms with Gasteiger partial charge in [-0.2, -0.15) is 5.26 Å². The molecule has 3 nitrogen and oxygen atoms in total. The average Bonchev–Trinajstić information content (AvgIpc) is 2.66. The molecule has 0 radical (unpaired) electrons. The fourth-order valence-electron chi connectivity index (χ4n) is 2.95. The summed E-state index contributed by atoms with van der Waals surface area (Å²) in [6, 6.07) is 7.89. The Hall–Kier alpha value is -1.73. The lowest BCUT2D eigenvalue weighted by Gasteiger charge is -2.20. The third-order valence-electron chi connectivity index (χ3n) is 4.20. The molecule has 106 valence electrons. The number of carbonyl (C=O) groups excluding carboxylic acids is 1. The van der Waals surface area contributed by atoms with Crippen molar-refractivity contribution in [2.45, 2.75) is 38.9 Å². The highest BCUT2D eigenvalue weighted by atomic mass is 19.1. The highest BCUT2D eigenvalue weighted by molar-refractivity contribution is 5.91. The molecule has 1 heterocycles. The largest absolute Gasteiger partial charge is 0.375 e. The molecule has 2 rings (SSSR count). The van der Waals surface area contributed by atoms with Gasteiger partial charge in [-0.25, -0.2) is 4.39 Å². The van der Waals surface area contributed by atoms with Gasteiger partial charge >= 0.3 is 0 Å².